The van der Waals surface area contributed by atoms with Crippen molar-refractivity contribution in [3.8, 4) is 0 Å². The number of halogens is 2. The van der Waals surface area contributed by atoms with Crippen molar-refractivity contribution in [2.75, 3.05) is 13.1 Å². The maximum Gasteiger partial charge on any atom is 0.222 e. The van der Waals surface area contributed by atoms with Gasteiger partial charge in [0.1, 0.15) is 0 Å². The summed E-state index contributed by atoms with van der Waals surface area (Å²) in [4.78, 5) is 11.8. The number of hydrogen-bond donors (Lipinski definition) is 2. The Morgan fingerprint density at radius 1 is 1.53 bits per heavy atom. The highest BCUT2D eigenvalue weighted by molar-refractivity contribution is 5.85. The van der Waals surface area contributed by atoms with Gasteiger partial charge in [0.05, 0.1) is 0 Å². The first kappa shape index (κ1) is 18.2. The molecule has 1 aromatic rings. The molecule has 2 rings (SSSR count). The molecule has 0 aliphatic carbocycles. The molecule has 1 amide bonds. The van der Waals surface area contributed by atoms with Gasteiger partial charge >= 0.3 is 0 Å². The van der Waals surface area contributed by atoms with Crippen molar-refractivity contribution in [2.45, 2.75) is 32.4 Å². The molecule has 7 heteroatoms. The second kappa shape index (κ2) is 9.18. The zero-order valence-electron chi connectivity index (χ0n) is 11.0. The zero-order chi connectivity index (χ0) is 12.1. The normalized spacial score (nSPS) is 21.9. The molecular formula is C12H22Cl2N4O. The molecule has 1 saturated heterocycles. The first-order valence-corrected chi connectivity index (χ1v) is 6.23. The van der Waals surface area contributed by atoms with E-state index in [0.717, 1.165) is 19.5 Å². The smallest absolute Gasteiger partial charge is 0.222 e. The van der Waals surface area contributed by atoms with Crippen LogP contribution in [-0.2, 0) is 11.3 Å². The summed E-state index contributed by atoms with van der Waals surface area (Å²) >= 11 is 0. The fraction of sp³-hybridized carbons (Fsp3) is 0.667. The number of hydrogen-bond acceptors (Lipinski definition) is 3. The van der Waals surface area contributed by atoms with Crippen molar-refractivity contribution in [1.29, 1.82) is 0 Å². The molecule has 2 N–H and O–H groups in total. The molecule has 0 radical (unpaired) electrons. The van der Waals surface area contributed by atoms with Crippen LogP contribution in [0.1, 0.15) is 19.8 Å². The Kier molecular flexibility index (Phi) is 8.80. The fourth-order valence-electron chi connectivity index (χ4n) is 2.11. The molecule has 2 atom stereocenters. The molecule has 2 heterocycles. The second-order valence-corrected chi connectivity index (χ2v) is 4.66. The van der Waals surface area contributed by atoms with Crippen LogP contribution >= 0.6 is 24.8 Å². The van der Waals surface area contributed by atoms with Gasteiger partial charge in [-0.2, -0.15) is 5.10 Å². The van der Waals surface area contributed by atoms with Gasteiger partial charge in [0.2, 0.25) is 5.91 Å². The monoisotopic (exact) mass is 308 g/mol. The second-order valence-electron chi connectivity index (χ2n) is 4.66. The lowest BCUT2D eigenvalue weighted by atomic mass is 9.95. The molecule has 1 aliphatic rings. The molecule has 1 aromatic heterocycles. The third kappa shape index (κ3) is 5.80. The van der Waals surface area contributed by atoms with Crippen LogP contribution in [0, 0.1) is 5.92 Å². The number of amides is 1. The quantitative estimate of drug-likeness (QED) is 0.879. The third-order valence-corrected chi connectivity index (χ3v) is 3.30. The van der Waals surface area contributed by atoms with Crippen LogP contribution in [0.25, 0.3) is 0 Å². The number of piperidine rings is 1. The summed E-state index contributed by atoms with van der Waals surface area (Å²) in [5.41, 5.74) is 0. The molecule has 19 heavy (non-hydrogen) atoms. The first-order valence-electron chi connectivity index (χ1n) is 6.23. The van der Waals surface area contributed by atoms with Crippen molar-refractivity contribution < 1.29 is 4.79 Å². The highest BCUT2D eigenvalue weighted by Crippen LogP contribution is 2.11. The van der Waals surface area contributed by atoms with Gasteiger partial charge in [-0.3, -0.25) is 9.48 Å². The van der Waals surface area contributed by atoms with E-state index in [1.807, 2.05) is 12.3 Å². The molecule has 2 unspecified atom stereocenters. The Morgan fingerprint density at radius 2 is 2.32 bits per heavy atom. The lowest BCUT2D eigenvalue weighted by Crippen LogP contribution is -2.50. The van der Waals surface area contributed by atoms with Crippen LogP contribution < -0.4 is 10.6 Å². The number of carbonyl (C=O) groups excluding carboxylic acids is 1. The molecule has 0 bridgehead atoms. The molecule has 110 valence electrons. The van der Waals surface area contributed by atoms with Crippen LogP contribution in [0.15, 0.2) is 18.5 Å². The van der Waals surface area contributed by atoms with Gasteiger partial charge in [0, 0.05) is 37.9 Å². The number of aromatic nitrogens is 2. The molecule has 0 spiro atoms. The van der Waals surface area contributed by atoms with Crippen LogP contribution in [-0.4, -0.2) is 34.8 Å². The minimum atomic E-state index is 0. The number of nitrogens with zero attached hydrogens (tertiary/aromatic N) is 2. The van der Waals surface area contributed by atoms with Gasteiger partial charge < -0.3 is 10.6 Å². The summed E-state index contributed by atoms with van der Waals surface area (Å²) in [6.07, 6.45) is 5.22. The Morgan fingerprint density at radius 3 is 2.95 bits per heavy atom. The van der Waals surface area contributed by atoms with Crippen LogP contribution in [0.3, 0.4) is 0 Å². The van der Waals surface area contributed by atoms with E-state index in [-0.39, 0.29) is 36.8 Å². The fourth-order valence-corrected chi connectivity index (χ4v) is 2.11. The van der Waals surface area contributed by atoms with Crippen molar-refractivity contribution in [3.05, 3.63) is 18.5 Å². The summed E-state index contributed by atoms with van der Waals surface area (Å²) in [6.45, 7) is 4.78. The molecule has 1 fully saturated rings. The predicted molar refractivity (Wildman–Crippen MR) is 79.9 cm³/mol. The van der Waals surface area contributed by atoms with E-state index in [4.69, 9.17) is 0 Å². The van der Waals surface area contributed by atoms with Gasteiger partial charge in [0.25, 0.3) is 0 Å². The van der Waals surface area contributed by atoms with E-state index in [2.05, 4.69) is 22.7 Å². The SMILES string of the molecule is CC1CCNCC1NC(=O)CCn1cccn1.Cl.Cl. The highest BCUT2D eigenvalue weighted by Gasteiger charge is 2.22. The number of rotatable bonds is 4. The van der Waals surface area contributed by atoms with Gasteiger partial charge in [-0.15, -0.1) is 24.8 Å². The van der Waals surface area contributed by atoms with Crippen molar-refractivity contribution in [3.63, 3.8) is 0 Å². The highest BCUT2D eigenvalue weighted by atomic mass is 35.5. The molecule has 0 saturated carbocycles. The topological polar surface area (TPSA) is 58.9 Å². The maximum atomic E-state index is 11.8. The van der Waals surface area contributed by atoms with Gasteiger partial charge in [-0.1, -0.05) is 6.92 Å². The van der Waals surface area contributed by atoms with Gasteiger partial charge in [-0.05, 0) is 24.9 Å². The molecule has 1 aliphatic heterocycles. The van der Waals surface area contributed by atoms with Crippen molar-refractivity contribution in [2.24, 2.45) is 5.92 Å². The average molecular weight is 309 g/mol. The number of aryl methyl sites for hydroxylation is 1. The predicted octanol–water partition coefficient (Wildman–Crippen LogP) is 1.23. The molecule has 5 nitrogen and oxygen atoms in total. The summed E-state index contributed by atoms with van der Waals surface area (Å²) in [7, 11) is 0. The van der Waals surface area contributed by atoms with E-state index in [9.17, 15) is 4.79 Å². The maximum absolute atomic E-state index is 11.8. The zero-order valence-corrected chi connectivity index (χ0v) is 12.7. The summed E-state index contributed by atoms with van der Waals surface area (Å²) < 4.78 is 1.78. The van der Waals surface area contributed by atoms with Crippen LogP contribution in [0.4, 0.5) is 0 Å². The van der Waals surface area contributed by atoms with Crippen LogP contribution in [0.2, 0.25) is 0 Å². The van der Waals surface area contributed by atoms with Gasteiger partial charge in [0.15, 0.2) is 0 Å². The Balaban J connectivity index is 0.00000162. The molecular weight excluding hydrogens is 287 g/mol. The lowest BCUT2D eigenvalue weighted by molar-refractivity contribution is -0.122. The van der Waals surface area contributed by atoms with E-state index in [1.54, 1.807) is 10.9 Å². The van der Waals surface area contributed by atoms with Gasteiger partial charge in [-0.25, -0.2) is 0 Å². The standard InChI is InChI=1S/C12H20N4O.2ClH/c1-10-3-6-13-9-11(10)15-12(17)4-8-16-7-2-5-14-16;;/h2,5,7,10-11,13H,3-4,6,8-9H2,1H3,(H,15,17);2*1H. The van der Waals surface area contributed by atoms with E-state index in [1.165, 1.54) is 0 Å². The summed E-state index contributed by atoms with van der Waals surface area (Å²) in [6, 6.07) is 2.14. The lowest BCUT2D eigenvalue weighted by Gasteiger charge is -2.30. The van der Waals surface area contributed by atoms with E-state index in [0.29, 0.717) is 18.9 Å². The Bertz CT molecular complexity index is 359. The largest absolute Gasteiger partial charge is 0.352 e. The Hall–Kier alpha value is -0.780. The Labute approximate surface area is 126 Å². The summed E-state index contributed by atoms with van der Waals surface area (Å²) in [5, 5.41) is 10.5. The first-order chi connectivity index (χ1) is 8.25. The molecule has 0 aromatic carbocycles. The van der Waals surface area contributed by atoms with E-state index < -0.39 is 0 Å². The van der Waals surface area contributed by atoms with E-state index >= 15 is 0 Å². The number of nitrogens with one attached hydrogen (secondary N) is 2. The van der Waals surface area contributed by atoms with Crippen LogP contribution in [0.5, 0.6) is 0 Å². The van der Waals surface area contributed by atoms with Crippen molar-refractivity contribution >= 4 is 30.7 Å². The minimum absolute atomic E-state index is 0. The third-order valence-electron chi connectivity index (χ3n) is 3.30. The summed E-state index contributed by atoms with van der Waals surface area (Å²) in [5.74, 6) is 0.672. The number of carbonyl (C=O) groups is 1. The average Bonchev–Trinajstić information content (AvgIpc) is 2.82. The van der Waals surface area contributed by atoms with Crippen molar-refractivity contribution in [1.82, 2.24) is 20.4 Å². The minimum Gasteiger partial charge on any atom is -0.352 e.